The number of ketones is 1. The number of rotatable bonds is 5. The molecule has 5 heteroatoms. The molecule has 0 aliphatic heterocycles. The van der Waals surface area contributed by atoms with Gasteiger partial charge >= 0.3 is 6.18 Å². The summed E-state index contributed by atoms with van der Waals surface area (Å²) in [6.07, 6.45) is -5.94. The molecule has 0 atom stereocenters. The Morgan fingerprint density at radius 1 is 1.38 bits per heavy atom. The van der Waals surface area contributed by atoms with Crippen LogP contribution >= 0.6 is 0 Å². The number of ether oxygens (including phenoxy) is 1. The standard InChI is InChI=1S/C8H13F3O2/c1-6(2)13-5-7(12)3-4-8(9,10)11/h6H,3-5H2,1-2H3. The van der Waals surface area contributed by atoms with Gasteiger partial charge < -0.3 is 4.74 Å². The van der Waals surface area contributed by atoms with Crippen LogP contribution < -0.4 is 0 Å². The van der Waals surface area contributed by atoms with Gasteiger partial charge in [-0.1, -0.05) is 0 Å². The van der Waals surface area contributed by atoms with Crippen LogP contribution in [0.4, 0.5) is 13.2 Å². The zero-order chi connectivity index (χ0) is 10.5. The third kappa shape index (κ3) is 9.33. The van der Waals surface area contributed by atoms with Gasteiger partial charge in [-0.3, -0.25) is 4.79 Å². The summed E-state index contributed by atoms with van der Waals surface area (Å²) in [5.41, 5.74) is 0. The van der Waals surface area contributed by atoms with Gasteiger partial charge in [-0.15, -0.1) is 0 Å². The fraction of sp³-hybridized carbons (Fsp3) is 0.875. The number of Topliss-reactive ketones (excluding diaryl/α,β-unsaturated/α-hetero) is 1. The van der Waals surface area contributed by atoms with E-state index in [2.05, 4.69) is 0 Å². The van der Waals surface area contributed by atoms with Crippen molar-refractivity contribution in [2.45, 2.75) is 39.0 Å². The molecule has 0 unspecified atom stereocenters. The molecule has 78 valence electrons. The van der Waals surface area contributed by atoms with E-state index in [1.807, 2.05) is 0 Å². The number of halogens is 3. The Balaban J connectivity index is 3.53. The Morgan fingerprint density at radius 3 is 2.31 bits per heavy atom. The zero-order valence-corrected chi connectivity index (χ0v) is 7.65. The van der Waals surface area contributed by atoms with Crippen LogP contribution in [0.2, 0.25) is 0 Å². The van der Waals surface area contributed by atoms with Gasteiger partial charge in [0.2, 0.25) is 0 Å². The molecule has 0 rings (SSSR count). The van der Waals surface area contributed by atoms with Gasteiger partial charge in [-0.05, 0) is 13.8 Å². The highest BCUT2D eigenvalue weighted by Crippen LogP contribution is 2.21. The van der Waals surface area contributed by atoms with E-state index in [4.69, 9.17) is 4.74 Å². The Kier molecular flexibility index (Phi) is 4.98. The maximum Gasteiger partial charge on any atom is 0.389 e. The molecule has 13 heavy (non-hydrogen) atoms. The monoisotopic (exact) mass is 198 g/mol. The van der Waals surface area contributed by atoms with Crippen molar-refractivity contribution in [3.63, 3.8) is 0 Å². The normalized spacial score (nSPS) is 12.2. The lowest BCUT2D eigenvalue weighted by Crippen LogP contribution is -2.16. The second kappa shape index (κ2) is 5.21. The van der Waals surface area contributed by atoms with Crippen LogP contribution in [-0.2, 0) is 9.53 Å². The fourth-order valence-electron chi connectivity index (χ4n) is 0.613. The maximum absolute atomic E-state index is 11.6. The largest absolute Gasteiger partial charge is 0.389 e. The molecule has 0 aromatic rings. The van der Waals surface area contributed by atoms with Crippen molar-refractivity contribution in [3.8, 4) is 0 Å². The third-order valence-corrected chi connectivity index (χ3v) is 1.26. The molecule has 0 heterocycles. The van der Waals surface area contributed by atoms with E-state index in [0.29, 0.717) is 0 Å². The molecule has 0 radical (unpaired) electrons. The fourth-order valence-corrected chi connectivity index (χ4v) is 0.613. The molecule has 0 spiro atoms. The number of carbonyl (C=O) groups is 1. The van der Waals surface area contributed by atoms with E-state index in [0.717, 1.165) is 0 Å². The van der Waals surface area contributed by atoms with Crippen LogP contribution in [0.25, 0.3) is 0 Å². The van der Waals surface area contributed by atoms with Gasteiger partial charge in [0.1, 0.15) is 6.61 Å². The summed E-state index contributed by atoms with van der Waals surface area (Å²) >= 11 is 0. The second-order valence-corrected chi connectivity index (χ2v) is 3.01. The minimum Gasteiger partial charge on any atom is -0.371 e. The Morgan fingerprint density at radius 2 is 1.92 bits per heavy atom. The van der Waals surface area contributed by atoms with Crippen LogP contribution in [0.15, 0.2) is 0 Å². The predicted octanol–water partition coefficient (Wildman–Crippen LogP) is 2.32. The van der Waals surface area contributed by atoms with Crippen LogP contribution in [0.1, 0.15) is 26.7 Å². The van der Waals surface area contributed by atoms with Crippen molar-refractivity contribution >= 4 is 5.78 Å². The molecule has 0 aromatic carbocycles. The average molecular weight is 198 g/mol. The van der Waals surface area contributed by atoms with Gasteiger partial charge in [-0.25, -0.2) is 0 Å². The van der Waals surface area contributed by atoms with Crippen molar-refractivity contribution < 1.29 is 22.7 Å². The molecule has 2 nitrogen and oxygen atoms in total. The Hall–Kier alpha value is -0.580. The summed E-state index contributed by atoms with van der Waals surface area (Å²) in [4.78, 5) is 10.8. The predicted molar refractivity (Wildman–Crippen MR) is 41.4 cm³/mol. The van der Waals surface area contributed by atoms with Crippen LogP contribution in [-0.4, -0.2) is 24.7 Å². The second-order valence-electron chi connectivity index (χ2n) is 3.01. The molecule has 0 aromatic heterocycles. The first-order chi connectivity index (χ1) is 5.81. The SMILES string of the molecule is CC(C)OCC(=O)CCC(F)(F)F. The molecule has 0 amide bonds. The summed E-state index contributed by atoms with van der Waals surface area (Å²) < 4.78 is 39.7. The Labute approximate surface area is 75.1 Å². The van der Waals surface area contributed by atoms with E-state index < -0.39 is 24.8 Å². The molecule has 0 saturated carbocycles. The van der Waals surface area contributed by atoms with Gasteiger partial charge in [0, 0.05) is 6.42 Å². The summed E-state index contributed by atoms with van der Waals surface area (Å²) in [6.45, 7) is 3.21. The Bertz CT molecular complexity index is 163. The highest BCUT2D eigenvalue weighted by molar-refractivity contribution is 5.79. The summed E-state index contributed by atoms with van der Waals surface area (Å²) in [5.74, 6) is -0.508. The van der Waals surface area contributed by atoms with Gasteiger partial charge in [0.15, 0.2) is 5.78 Å². The van der Waals surface area contributed by atoms with Crippen LogP contribution in [0, 0.1) is 0 Å². The summed E-state index contributed by atoms with van der Waals surface area (Å²) in [7, 11) is 0. The number of carbonyl (C=O) groups excluding carboxylic acids is 1. The minimum atomic E-state index is -4.26. The van der Waals surface area contributed by atoms with Crippen molar-refractivity contribution in [1.82, 2.24) is 0 Å². The van der Waals surface area contributed by atoms with Gasteiger partial charge in [0.05, 0.1) is 12.5 Å². The first-order valence-electron chi connectivity index (χ1n) is 4.01. The minimum absolute atomic E-state index is 0.130. The molecular formula is C8H13F3O2. The van der Waals surface area contributed by atoms with E-state index >= 15 is 0 Å². The van der Waals surface area contributed by atoms with E-state index in [1.165, 1.54) is 0 Å². The van der Waals surface area contributed by atoms with Crippen molar-refractivity contribution in [2.75, 3.05) is 6.61 Å². The summed E-state index contributed by atoms with van der Waals surface area (Å²) in [6, 6.07) is 0. The van der Waals surface area contributed by atoms with Crippen molar-refractivity contribution in [3.05, 3.63) is 0 Å². The molecule has 0 N–H and O–H groups in total. The number of hydrogen-bond acceptors (Lipinski definition) is 2. The van der Waals surface area contributed by atoms with Crippen LogP contribution in [0.3, 0.4) is 0 Å². The van der Waals surface area contributed by atoms with Gasteiger partial charge in [0.25, 0.3) is 0 Å². The molecule has 0 saturated heterocycles. The average Bonchev–Trinajstić information content (AvgIpc) is 1.95. The van der Waals surface area contributed by atoms with E-state index in [-0.39, 0.29) is 12.7 Å². The van der Waals surface area contributed by atoms with Gasteiger partial charge in [-0.2, -0.15) is 13.2 Å². The molecular weight excluding hydrogens is 185 g/mol. The number of alkyl halides is 3. The lowest BCUT2D eigenvalue weighted by Gasteiger charge is -2.07. The highest BCUT2D eigenvalue weighted by Gasteiger charge is 2.27. The molecule has 0 aliphatic rings. The van der Waals surface area contributed by atoms with Crippen molar-refractivity contribution in [1.29, 1.82) is 0 Å². The smallest absolute Gasteiger partial charge is 0.371 e. The quantitative estimate of drug-likeness (QED) is 0.677. The zero-order valence-electron chi connectivity index (χ0n) is 7.65. The summed E-state index contributed by atoms with van der Waals surface area (Å²) in [5, 5.41) is 0. The molecule has 0 bridgehead atoms. The third-order valence-electron chi connectivity index (χ3n) is 1.26. The van der Waals surface area contributed by atoms with Crippen molar-refractivity contribution in [2.24, 2.45) is 0 Å². The molecule has 0 aliphatic carbocycles. The van der Waals surface area contributed by atoms with E-state index in [9.17, 15) is 18.0 Å². The lowest BCUT2D eigenvalue weighted by atomic mass is 10.2. The maximum atomic E-state index is 11.6. The first kappa shape index (κ1) is 12.4. The van der Waals surface area contributed by atoms with Crippen LogP contribution in [0.5, 0.6) is 0 Å². The van der Waals surface area contributed by atoms with E-state index in [1.54, 1.807) is 13.8 Å². The lowest BCUT2D eigenvalue weighted by molar-refractivity contribution is -0.145. The number of hydrogen-bond donors (Lipinski definition) is 0. The topological polar surface area (TPSA) is 26.3 Å². The first-order valence-corrected chi connectivity index (χ1v) is 4.01. The molecule has 0 fully saturated rings. The highest BCUT2D eigenvalue weighted by atomic mass is 19.4.